The number of carbonyl (C=O) groups excluding carboxylic acids is 1. The highest BCUT2D eigenvalue weighted by Crippen LogP contribution is 2.01. The molecule has 19 heavy (non-hydrogen) atoms. The van der Waals surface area contributed by atoms with Crippen LogP contribution in [0.1, 0.15) is 0 Å². The van der Waals surface area contributed by atoms with Gasteiger partial charge in [0, 0.05) is 14.1 Å². The minimum absolute atomic E-state index is 0.0417. The molecule has 0 unspecified atom stereocenters. The highest BCUT2D eigenvalue weighted by Gasteiger charge is 2.18. The molecule has 0 saturated heterocycles. The normalized spacial score (nSPS) is 10.9. The fourth-order valence-corrected chi connectivity index (χ4v) is 1.83. The van der Waals surface area contributed by atoms with Gasteiger partial charge in [0.2, 0.25) is 0 Å². The number of aromatic nitrogens is 4. The van der Waals surface area contributed by atoms with Crippen molar-refractivity contribution in [1.29, 1.82) is 0 Å². The average Bonchev–Trinajstić information content (AvgIpc) is 2.71. The van der Waals surface area contributed by atoms with Gasteiger partial charge in [0.1, 0.15) is 12.2 Å². The molecule has 102 valence electrons. The smallest absolute Gasteiger partial charge is 0.332 e. The van der Waals surface area contributed by atoms with Gasteiger partial charge in [-0.15, -0.1) is 0 Å². The highest BCUT2D eigenvalue weighted by atomic mass is 16.5. The van der Waals surface area contributed by atoms with E-state index >= 15 is 0 Å². The number of esters is 1. The van der Waals surface area contributed by atoms with Crippen molar-refractivity contribution in [2.75, 3.05) is 7.11 Å². The second-order valence-electron chi connectivity index (χ2n) is 4.00. The molecule has 0 aromatic carbocycles. The number of H-pyrrole nitrogens is 1. The van der Waals surface area contributed by atoms with E-state index in [-0.39, 0.29) is 11.2 Å². The number of fused-ring (bicyclic) bond motifs is 1. The number of ether oxygens (including phenoxy) is 1. The van der Waals surface area contributed by atoms with Crippen molar-refractivity contribution in [3.05, 3.63) is 31.3 Å². The van der Waals surface area contributed by atoms with Crippen LogP contribution in [0.25, 0.3) is 11.2 Å². The Hall–Kier alpha value is -2.58. The van der Waals surface area contributed by atoms with Crippen LogP contribution < -0.4 is 16.9 Å². The molecule has 0 saturated carbocycles. The van der Waals surface area contributed by atoms with Crippen LogP contribution >= 0.6 is 0 Å². The molecule has 0 aliphatic carbocycles. The van der Waals surface area contributed by atoms with Gasteiger partial charge in [-0.3, -0.25) is 28.3 Å². The molecule has 1 N–H and O–H groups in total. The Morgan fingerprint density at radius 3 is 2.42 bits per heavy atom. The Bertz CT molecular complexity index is 834. The summed E-state index contributed by atoms with van der Waals surface area (Å²) in [5, 5.41) is 0. The first kappa shape index (κ1) is 12.9. The van der Waals surface area contributed by atoms with E-state index in [0.29, 0.717) is 0 Å². The largest absolute Gasteiger partial charge is 0.468 e. The topological polar surface area (TPSA) is 108 Å². The van der Waals surface area contributed by atoms with E-state index in [4.69, 9.17) is 0 Å². The van der Waals surface area contributed by atoms with Crippen molar-refractivity contribution in [2.45, 2.75) is 6.54 Å². The van der Waals surface area contributed by atoms with Gasteiger partial charge < -0.3 is 4.74 Å². The second kappa shape index (κ2) is 4.26. The van der Waals surface area contributed by atoms with Crippen LogP contribution in [0.5, 0.6) is 0 Å². The summed E-state index contributed by atoms with van der Waals surface area (Å²) >= 11 is 0. The molecule has 0 bridgehead atoms. The van der Waals surface area contributed by atoms with Crippen molar-refractivity contribution < 1.29 is 9.53 Å². The van der Waals surface area contributed by atoms with Crippen LogP contribution in [0, 0.1) is 0 Å². The maximum Gasteiger partial charge on any atom is 0.332 e. The van der Waals surface area contributed by atoms with Crippen LogP contribution in [-0.4, -0.2) is 31.8 Å². The SMILES string of the molecule is COC(=O)Cn1c(=O)[nH]c2c1c(=O)n(C)c(=O)n2C. The van der Waals surface area contributed by atoms with Gasteiger partial charge in [0.25, 0.3) is 5.56 Å². The summed E-state index contributed by atoms with van der Waals surface area (Å²) in [7, 11) is 3.89. The molecule has 2 aromatic heterocycles. The Labute approximate surface area is 105 Å². The third-order valence-corrected chi connectivity index (χ3v) is 2.90. The average molecular weight is 268 g/mol. The van der Waals surface area contributed by atoms with Crippen molar-refractivity contribution in [3.63, 3.8) is 0 Å². The fourth-order valence-electron chi connectivity index (χ4n) is 1.83. The number of nitrogens with zero attached hydrogens (tertiary/aromatic N) is 3. The minimum Gasteiger partial charge on any atom is -0.468 e. The lowest BCUT2D eigenvalue weighted by Crippen LogP contribution is -2.38. The van der Waals surface area contributed by atoms with Crippen LogP contribution in [-0.2, 0) is 30.2 Å². The molecular formula is C10H12N4O5. The lowest BCUT2D eigenvalue weighted by Gasteiger charge is -2.05. The van der Waals surface area contributed by atoms with E-state index < -0.39 is 29.5 Å². The summed E-state index contributed by atoms with van der Waals surface area (Å²) in [6, 6.07) is 0. The Morgan fingerprint density at radius 1 is 1.21 bits per heavy atom. The Morgan fingerprint density at radius 2 is 1.84 bits per heavy atom. The third-order valence-electron chi connectivity index (χ3n) is 2.90. The van der Waals surface area contributed by atoms with E-state index in [0.717, 1.165) is 13.7 Å². The van der Waals surface area contributed by atoms with Crippen molar-refractivity contribution >= 4 is 17.1 Å². The van der Waals surface area contributed by atoms with Crippen LogP contribution in [0.2, 0.25) is 0 Å². The molecule has 2 heterocycles. The van der Waals surface area contributed by atoms with Crippen LogP contribution in [0.4, 0.5) is 0 Å². The predicted octanol–water partition coefficient (Wildman–Crippen LogP) is -2.10. The number of nitrogens with one attached hydrogen (secondary N) is 1. The first-order valence-electron chi connectivity index (χ1n) is 5.33. The summed E-state index contributed by atoms with van der Waals surface area (Å²) in [6.45, 7) is -0.400. The van der Waals surface area contributed by atoms with Crippen LogP contribution in [0.3, 0.4) is 0 Å². The summed E-state index contributed by atoms with van der Waals surface area (Å²) in [5.41, 5.74) is -1.84. The number of rotatable bonds is 2. The lowest BCUT2D eigenvalue weighted by molar-refractivity contribution is -0.141. The number of hydrogen-bond donors (Lipinski definition) is 1. The van der Waals surface area contributed by atoms with Gasteiger partial charge in [-0.25, -0.2) is 9.59 Å². The fraction of sp³-hybridized carbons (Fsp3) is 0.400. The third kappa shape index (κ3) is 1.79. The number of aromatic amines is 1. The number of methoxy groups -OCH3 is 1. The lowest BCUT2D eigenvalue weighted by atomic mass is 10.5. The summed E-state index contributed by atoms with van der Waals surface area (Å²) in [4.78, 5) is 49.1. The van der Waals surface area contributed by atoms with E-state index in [1.807, 2.05) is 0 Å². The van der Waals surface area contributed by atoms with Gasteiger partial charge >= 0.3 is 17.3 Å². The first-order chi connectivity index (χ1) is 8.88. The Kier molecular flexibility index (Phi) is 2.89. The molecule has 0 aliphatic heterocycles. The molecule has 0 aliphatic rings. The van der Waals surface area contributed by atoms with E-state index in [2.05, 4.69) is 9.72 Å². The molecule has 0 fully saturated rings. The quantitative estimate of drug-likeness (QED) is 0.628. The predicted molar refractivity (Wildman–Crippen MR) is 65.1 cm³/mol. The summed E-state index contributed by atoms with van der Waals surface area (Å²) in [6.07, 6.45) is 0. The molecule has 0 spiro atoms. The standard InChI is InChI=1S/C10H12N4O5/c1-12-7-6(8(16)13(2)10(12)18)14(9(17)11-7)4-5(15)19-3/h4H2,1-3H3,(H,11,17). The minimum atomic E-state index is -0.668. The first-order valence-corrected chi connectivity index (χ1v) is 5.33. The monoisotopic (exact) mass is 268 g/mol. The molecule has 0 atom stereocenters. The maximum atomic E-state index is 12.0. The van der Waals surface area contributed by atoms with Gasteiger partial charge in [0.15, 0.2) is 5.52 Å². The second-order valence-corrected chi connectivity index (χ2v) is 4.00. The van der Waals surface area contributed by atoms with Gasteiger partial charge in [-0.1, -0.05) is 0 Å². The molecule has 9 heteroatoms. The molecule has 9 nitrogen and oxygen atoms in total. The van der Waals surface area contributed by atoms with Gasteiger partial charge in [0.05, 0.1) is 7.11 Å². The summed E-state index contributed by atoms with van der Waals surface area (Å²) in [5.74, 6) is -0.668. The highest BCUT2D eigenvalue weighted by molar-refractivity contribution is 5.74. The molecular weight excluding hydrogens is 256 g/mol. The van der Waals surface area contributed by atoms with Crippen molar-refractivity contribution in [3.8, 4) is 0 Å². The number of hydrogen-bond acceptors (Lipinski definition) is 5. The van der Waals surface area contributed by atoms with E-state index in [1.165, 1.54) is 21.2 Å². The van der Waals surface area contributed by atoms with Crippen molar-refractivity contribution in [2.24, 2.45) is 14.1 Å². The molecule has 2 rings (SSSR count). The zero-order valence-electron chi connectivity index (χ0n) is 10.6. The number of imidazole rings is 1. The maximum absolute atomic E-state index is 12.0. The molecule has 2 aromatic rings. The number of carbonyl (C=O) groups is 1. The van der Waals surface area contributed by atoms with E-state index in [9.17, 15) is 19.2 Å². The Balaban J connectivity index is 2.92. The van der Waals surface area contributed by atoms with Crippen LogP contribution in [0.15, 0.2) is 14.4 Å². The summed E-state index contributed by atoms with van der Waals surface area (Å²) < 4.78 is 7.40. The zero-order chi connectivity index (χ0) is 14.3. The van der Waals surface area contributed by atoms with Gasteiger partial charge in [-0.2, -0.15) is 0 Å². The zero-order valence-corrected chi connectivity index (χ0v) is 10.6. The van der Waals surface area contributed by atoms with Gasteiger partial charge in [-0.05, 0) is 0 Å². The molecule has 0 radical (unpaired) electrons. The van der Waals surface area contributed by atoms with Crippen molar-refractivity contribution in [1.82, 2.24) is 18.7 Å². The van der Waals surface area contributed by atoms with E-state index in [1.54, 1.807) is 0 Å². The number of aryl methyl sites for hydroxylation is 1. The molecule has 0 amide bonds.